The van der Waals surface area contributed by atoms with Crippen LogP contribution in [0.5, 0.6) is 0 Å². The molecule has 3 aromatic heterocycles. The fraction of sp³-hybridized carbons (Fsp3) is 0.294. The van der Waals surface area contributed by atoms with Crippen LogP contribution in [0.1, 0.15) is 30.3 Å². The number of rotatable bonds is 4. The number of nitrogens with one attached hydrogen (secondary N) is 1. The van der Waals surface area contributed by atoms with E-state index in [9.17, 15) is 8.78 Å². The maximum atomic E-state index is 13.0. The van der Waals surface area contributed by atoms with Crippen LogP contribution in [0, 0.1) is 0 Å². The normalized spacial score (nSPS) is 14.3. The minimum atomic E-state index is -2.81. The third-order valence-electron chi connectivity index (χ3n) is 3.98. The Kier molecular flexibility index (Phi) is 3.67. The number of allylic oxidation sites excluding steroid dienone is 1. The molecule has 0 saturated heterocycles. The van der Waals surface area contributed by atoms with E-state index in [1.165, 1.54) is 0 Å². The molecule has 8 heteroatoms. The maximum Gasteiger partial charge on any atom is 0.262 e. The molecule has 0 aliphatic heterocycles. The number of alkyl halides is 2. The van der Waals surface area contributed by atoms with Gasteiger partial charge in [0.2, 0.25) is 5.95 Å². The highest BCUT2D eigenvalue weighted by atomic mass is 19.3. The Labute approximate surface area is 142 Å². The molecule has 25 heavy (non-hydrogen) atoms. The summed E-state index contributed by atoms with van der Waals surface area (Å²) in [7, 11) is 0. The van der Waals surface area contributed by atoms with E-state index in [0.29, 0.717) is 0 Å². The van der Waals surface area contributed by atoms with Gasteiger partial charge >= 0.3 is 0 Å². The standard InChI is InChI=1S/C17H16F2N6/c1-17(18,19)10-21-16-20-9-12-11(3-2-4-13(12)24-16)14-6-8-25-15(23-14)5-7-22-25/h3,5-9H,2,4,10H2,1H3,(H,20,21,24). The zero-order valence-corrected chi connectivity index (χ0v) is 13.6. The highest BCUT2D eigenvalue weighted by Gasteiger charge is 2.22. The first-order valence-corrected chi connectivity index (χ1v) is 7.98. The van der Waals surface area contributed by atoms with Crippen LogP contribution in [0.2, 0.25) is 0 Å². The Hall–Kier alpha value is -2.90. The van der Waals surface area contributed by atoms with Gasteiger partial charge in [-0.1, -0.05) is 6.08 Å². The van der Waals surface area contributed by atoms with Crippen molar-refractivity contribution in [2.45, 2.75) is 25.7 Å². The minimum Gasteiger partial charge on any atom is -0.348 e. The minimum absolute atomic E-state index is 0.223. The van der Waals surface area contributed by atoms with Crippen LogP contribution in [0.25, 0.3) is 11.2 Å². The highest BCUT2D eigenvalue weighted by molar-refractivity contribution is 5.80. The molecule has 3 heterocycles. The number of anilines is 1. The summed E-state index contributed by atoms with van der Waals surface area (Å²) in [4.78, 5) is 13.2. The predicted octanol–water partition coefficient (Wildman–Crippen LogP) is 2.96. The van der Waals surface area contributed by atoms with Crippen LogP contribution in [0.15, 0.2) is 36.8 Å². The smallest absolute Gasteiger partial charge is 0.262 e. The van der Waals surface area contributed by atoms with Gasteiger partial charge in [-0.05, 0) is 18.9 Å². The van der Waals surface area contributed by atoms with Crippen molar-refractivity contribution in [2.24, 2.45) is 0 Å². The van der Waals surface area contributed by atoms with Gasteiger partial charge in [-0.25, -0.2) is 28.2 Å². The first kappa shape index (κ1) is 15.6. The second kappa shape index (κ2) is 5.87. The summed E-state index contributed by atoms with van der Waals surface area (Å²) in [5, 5.41) is 6.73. The summed E-state index contributed by atoms with van der Waals surface area (Å²) in [6.07, 6.45) is 8.88. The molecule has 0 bridgehead atoms. The Morgan fingerprint density at radius 2 is 2.16 bits per heavy atom. The summed E-state index contributed by atoms with van der Waals surface area (Å²) < 4.78 is 27.7. The first-order chi connectivity index (χ1) is 12.0. The first-order valence-electron chi connectivity index (χ1n) is 7.98. The van der Waals surface area contributed by atoms with Crippen LogP contribution >= 0.6 is 0 Å². The maximum absolute atomic E-state index is 13.0. The van der Waals surface area contributed by atoms with Gasteiger partial charge in [0, 0.05) is 36.5 Å². The Morgan fingerprint density at radius 1 is 1.28 bits per heavy atom. The van der Waals surface area contributed by atoms with Gasteiger partial charge in [0.05, 0.1) is 24.1 Å². The van der Waals surface area contributed by atoms with Gasteiger partial charge < -0.3 is 5.32 Å². The number of aromatic nitrogens is 5. The third kappa shape index (κ3) is 3.19. The second-order valence-corrected chi connectivity index (χ2v) is 6.08. The molecular weight excluding hydrogens is 326 g/mol. The predicted molar refractivity (Wildman–Crippen MR) is 89.5 cm³/mol. The molecule has 0 saturated carbocycles. The van der Waals surface area contributed by atoms with E-state index >= 15 is 0 Å². The molecule has 0 aromatic carbocycles. The Balaban J connectivity index is 1.65. The van der Waals surface area contributed by atoms with Gasteiger partial charge in [0.15, 0.2) is 5.65 Å². The number of hydrogen-bond donors (Lipinski definition) is 1. The average Bonchev–Trinajstić information content (AvgIpc) is 3.06. The number of nitrogens with zero attached hydrogens (tertiary/aromatic N) is 5. The molecule has 3 aromatic rings. The van der Waals surface area contributed by atoms with E-state index in [0.717, 1.165) is 47.9 Å². The molecule has 6 nitrogen and oxygen atoms in total. The average molecular weight is 342 g/mol. The van der Waals surface area contributed by atoms with Gasteiger partial charge in [-0.3, -0.25) is 0 Å². The van der Waals surface area contributed by atoms with Gasteiger partial charge in [-0.15, -0.1) is 0 Å². The molecule has 0 amide bonds. The van der Waals surface area contributed by atoms with Crippen LogP contribution in [0.4, 0.5) is 14.7 Å². The third-order valence-corrected chi connectivity index (χ3v) is 3.98. The van der Waals surface area contributed by atoms with Crippen molar-refractivity contribution in [1.82, 2.24) is 24.6 Å². The van der Waals surface area contributed by atoms with Crippen molar-refractivity contribution in [3.8, 4) is 0 Å². The van der Waals surface area contributed by atoms with E-state index in [1.807, 2.05) is 18.3 Å². The van der Waals surface area contributed by atoms with Crippen LogP contribution < -0.4 is 5.32 Å². The van der Waals surface area contributed by atoms with Crippen LogP contribution in [-0.2, 0) is 6.42 Å². The fourth-order valence-corrected chi connectivity index (χ4v) is 2.82. The summed E-state index contributed by atoms with van der Waals surface area (Å²) in [6.45, 7) is 0.366. The molecule has 1 aliphatic carbocycles. The topological polar surface area (TPSA) is 68.0 Å². The molecule has 0 unspecified atom stereocenters. The number of hydrogen-bond acceptors (Lipinski definition) is 5. The number of halogens is 2. The van der Waals surface area contributed by atoms with E-state index in [2.05, 4.69) is 31.4 Å². The fourth-order valence-electron chi connectivity index (χ4n) is 2.82. The van der Waals surface area contributed by atoms with Crippen molar-refractivity contribution in [2.75, 3.05) is 11.9 Å². The van der Waals surface area contributed by atoms with Crippen molar-refractivity contribution in [3.05, 3.63) is 53.8 Å². The molecule has 4 rings (SSSR count). The molecule has 1 N–H and O–H groups in total. The SMILES string of the molecule is CC(F)(F)CNc1ncc2c(n1)CCC=C2c1ccn2nccc2n1. The van der Waals surface area contributed by atoms with Crippen molar-refractivity contribution in [1.29, 1.82) is 0 Å². The van der Waals surface area contributed by atoms with Crippen molar-refractivity contribution in [3.63, 3.8) is 0 Å². The Bertz CT molecular complexity index is 957. The van der Waals surface area contributed by atoms with E-state index in [1.54, 1.807) is 16.9 Å². The number of aryl methyl sites for hydroxylation is 1. The Morgan fingerprint density at radius 3 is 3.00 bits per heavy atom. The lowest BCUT2D eigenvalue weighted by molar-refractivity contribution is 0.0366. The largest absolute Gasteiger partial charge is 0.348 e. The quantitative estimate of drug-likeness (QED) is 0.789. The van der Waals surface area contributed by atoms with Crippen LogP contribution in [0.3, 0.4) is 0 Å². The molecular formula is C17H16F2N6. The molecule has 0 radical (unpaired) electrons. The number of fused-ring (bicyclic) bond motifs is 2. The van der Waals surface area contributed by atoms with E-state index in [4.69, 9.17) is 0 Å². The highest BCUT2D eigenvalue weighted by Crippen LogP contribution is 2.30. The molecule has 0 fully saturated rings. The van der Waals surface area contributed by atoms with Crippen molar-refractivity contribution >= 4 is 17.2 Å². The van der Waals surface area contributed by atoms with Crippen LogP contribution in [-0.4, -0.2) is 37.0 Å². The zero-order chi connectivity index (χ0) is 17.4. The lowest BCUT2D eigenvalue weighted by atomic mass is 9.94. The summed E-state index contributed by atoms with van der Waals surface area (Å²) >= 11 is 0. The molecule has 0 atom stereocenters. The van der Waals surface area contributed by atoms with E-state index in [-0.39, 0.29) is 5.95 Å². The summed E-state index contributed by atoms with van der Waals surface area (Å²) in [5.74, 6) is -2.59. The lowest BCUT2D eigenvalue weighted by Gasteiger charge is -2.18. The van der Waals surface area contributed by atoms with Gasteiger partial charge in [0.1, 0.15) is 0 Å². The lowest BCUT2D eigenvalue weighted by Crippen LogP contribution is -2.24. The van der Waals surface area contributed by atoms with Crippen molar-refractivity contribution < 1.29 is 8.78 Å². The molecule has 128 valence electrons. The zero-order valence-electron chi connectivity index (χ0n) is 13.6. The molecule has 1 aliphatic rings. The second-order valence-electron chi connectivity index (χ2n) is 6.08. The summed E-state index contributed by atoms with van der Waals surface area (Å²) in [5.41, 5.74) is 4.26. The van der Waals surface area contributed by atoms with Gasteiger partial charge in [-0.2, -0.15) is 5.10 Å². The monoisotopic (exact) mass is 342 g/mol. The molecule has 0 spiro atoms. The summed E-state index contributed by atoms with van der Waals surface area (Å²) in [6, 6.07) is 3.73. The van der Waals surface area contributed by atoms with E-state index < -0.39 is 12.5 Å². The van der Waals surface area contributed by atoms with Gasteiger partial charge in [0.25, 0.3) is 5.92 Å².